The lowest BCUT2D eigenvalue weighted by atomic mass is 10.1. The van der Waals surface area contributed by atoms with Crippen LogP contribution in [0.5, 0.6) is 0 Å². The molecule has 0 bridgehead atoms. The van der Waals surface area contributed by atoms with Gasteiger partial charge in [0.25, 0.3) is 0 Å². The summed E-state index contributed by atoms with van der Waals surface area (Å²) in [6, 6.07) is 1.81. The van der Waals surface area contributed by atoms with Crippen LogP contribution in [0, 0.1) is 6.92 Å². The van der Waals surface area contributed by atoms with Crippen molar-refractivity contribution in [2.45, 2.75) is 25.5 Å². The van der Waals surface area contributed by atoms with Gasteiger partial charge in [-0.2, -0.15) is 4.98 Å². The largest absolute Gasteiger partial charge is 0.392 e. The lowest BCUT2D eigenvalue weighted by Crippen LogP contribution is -2.15. The number of aliphatic hydroxyl groups excluding tert-OH is 1. The first-order valence-corrected chi connectivity index (χ1v) is 5.90. The first-order valence-electron chi connectivity index (χ1n) is 5.90. The van der Waals surface area contributed by atoms with Crippen molar-refractivity contribution in [2.24, 2.45) is 0 Å². The van der Waals surface area contributed by atoms with Gasteiger partial charge in [-0.25, -0.2) is 0 Å². The minimum atomic E-state index is -0.340. The summed E-state index contributed by atoms with van der Waals surface area (Å²) in [5.41, 5.74) is 1.92. The number of nitrogens with zero attached hydrogens (tertiary/aromatic N) is 3. The second-order valence-electron chi connectivity index (χ2n) is 4.50. The highest BCUT2D eigenvalue weighted by atomic mass is 16.5. The van der Waals surface area contributed by atoms with E-state index >= 15 is 0 Å². The van der Waals surface area contributed by atoms with Gasteiger partial charge in [0, 0.05) is 24.5 Å². The summed E-state index contributed by atoms with van der Waals surface area (Å²) in [5, 5.41) is 16.6. The van der Waals surface area contributed by atoms with Gasteiger partial charge in [-0.1, -0.05) is 5.16 Å². The predicted molar refractivity (Wildman–Crippen MR) is 63.6 cm³/mol. The maximum atomic E-state index is 9.47. The van der Waals surface area contributed by atoms with Crippen LogP contribution in [-0.4, -0.2) is 32.9 Å². The van der Waals surface area contributed by atoms with Crippen molar-refractivity contribution in [3.63, 3.8) is 0 Å². The number of hydrogen-bond acceptors (Lipinski definition) is 6. The van der Waals surface area contributed by atoms with E-state index in [4.69, 9.17) is 4.52 Å². The summed E-state index contributed by atoms with van der Waals surface area (Å²) in [7, 11) is 0. The summed E-state index contributed by atoms with van der Waals surface area (Å²) >= 11 is 0. The fourth-order valence-corrected chi connectivity index (χ4v) is 2.12. The molecule has 2 aromatic rings. The summed E-state index contributed by atoms with van der Waals surface area (Å²) < 4.78 is 5.25. The molecule has 3 rings (SSSR count). The van der Waals surface area contributed by atoms with Gasteiger partial charge in [0.05, 0.1) is 12.1 Å². The standard InChI is InChI=1S/C12H14N4O2/c1-7-5-13-3-2-9(7)11-15-12(18-16-11)10-4-8(17)6-14-10/h2-3,5,8,10,14,17H,4,6H2,1H3/t8?,10-/m0/s1. The lowest BCUT2D eigenvalue weighted by Gasteiger charge is -2.01. The first-order chi connectivity index (χ1) is 8.74. The molecule has 0 aliphatic carbocycles. The van der Waals surface area contributed by atoms with Crippen molar-refractivity contribution in [3.8, 4) is 11.4 Å². The minimum Gasteiger partial charge on any atom is -0.392 e. The van der Waals surface area contributed by atoms with Gasteiger partial charge >= 0.3 is 0 Å². The molecule has 1 aliphatic heterocycles. The Labute approximate surface area is 104 Å². The van der Waals surface area contributed by atoms with Crippen molar-refractivity contribution >= 4 is 0 Å². The molecule has 0 amide bonds. The van der Waals surface area contributed by atoms with Crippen molar-refractivity contribution in [1.82, 2.24) is 20.4 Å². The molecule has 0 saturated carbocycles. The molecule has 0 radical (unpaired) electrons. The van der Waals surface area contributed by atoms with Crippen molar-refractivity contribution in [1.29, 1.82) is 0 Å². The third kappa shape index (κ3) is 2.00. The van der Waals surface area contributed by atoms with Crippen LogP contribution in [0.15, 0.2) is 23.0 Å². The molecule has 6 heteroatoms. The van der Waals surface area contributed by atoms with Crippen molar-refractivity contribution in [3.05, 3.63) is 29.9 Å². The molecule has 2 atom stereocenters. The molecule has 6 nitrogen and oxygen atoms in total. The topological polar surface area (TPSA) is 84.1 Å². The molecule has 0 aromatic carbocycles. The zero-order valence-electron chi connectivity index (χ0n) is 10.00. The highest BCUT2D eigenvalue weighted by Crippen LogP contribution is 2.25. The third-order valence-corrected chi connectivity index (χ3v) is 3.11. The SMILES string of the molecule is Cc1cnccc1-c1noc([C@@H]2CC(O)CN2)n1. The maximum Gasteiger partial charge on any atom is 0.244 e. The van der Waals surface area contributed by atoms with Crippen LogP contribution in [0.1, 0.15) is 23.9 Å². The predicted octanol–water partition coefficient (Wildman–Crippen LogP) is 0.835. The zero-order chi connectivity index (χ0) is 12.5. The molecule has 3 heterocycles. The molecule has 2 N–H and O–H groups in total. The Bertz CT molecular complexity index is 555. The van der Waals surface area contributed by atoms with E-state index in [1.165, 1.54) is 0 Å². The minimum absolute atomic E-state index is 0.0524. The van der Waals surface area contributed by atoms with E-state index in [1.54, 1.807) is 12.4 Å². The molecular formula is C12H14N4O2. The van der Waals surface area contributed by atoms with Crippen LogP contribution in [0.25, 0.3) is 11.4 Å². The van der Waals surface area contributed by atoms with Crippen molar-refractivity contribution < 1.29 is 9.63 Å². The second-order valence-corrected chi connectivity index (χ2v) is 4.50. The molecule has 1 fully saturated rings. The highest BCUT2D eigenvalue weighted by molar-refractivity contribution is 5.57. The van der Waals surface area contributed by atoms with Gasteiger partial charge in [0.15, 0.2) is 0 Å². The number of rotatable bonds is 2. The van der Waals surface area contributed by atoms with E-state index < -0.39 is 0 Å². The van der Waals surface area contributed by atoms with Crippen LogP contribution >= 0.6 is 0 Å². The van der Waals surface area contributed by atoms with Crippen LogP contribution in [0.3, 0.4) is 0 Å². The highest BCUT2D eigenvalue weighted by Gasteiger charge is 2.28. The average Bonchev–Trinajstić information content (AvgIpc) is 2.98. The molecular weight excluding hydrogens is 232 g/mol. The number of nitrogens with one attached hydrogen (secondary N) is 1. The van der Waals surface area contributed by atoms with Crippen LogP contribution in [0.2, 0.25) is 0 Å². The zero-order valence-corrected chi connectivity index (χ0v) is 10.00. The number of aliphatic hydroxyl groups is 1. The van der Waals surface area contributed by atoms with Crippen LogP contribution < -0.4 is 5.32 Å². The van der Waals surface area contributed by atoms with E-state index in [1.807, 2.05) is 13.0 Å². The Morgan fingerprint density at radius 1 is 1.50 bits per heavy atom. The lowest BCUT2D eigenvalue weighted by molar-refractivity contribution is 0.191. The van der Waals surface area contributed by atoms with E-state index in [0.717, 1.165) is 11.1 Å². The summed E-state index contributed by atoms with van der Waals surface area (Å²) in [5.74, 6) is 1.09. The number of pyridine rings is 1. The van der Waals surface area contributed by atoms with Gasteiger partial charge in [-0.05, 0) is 25.0 Å². The number of aromatic nitrogens is 3. The molecule has 1 aliphatic rings. The van der Waals surface area contributed by atoms with Gasteiger partial charge < -0.3 is 14.9 Å². The average molecular weight is 246 g/mol. The Hall–Kier alpha value is -1.79. The van der Waals surface area contributed by atoms with Crippen LogP contribution in [-0.2, 0) is 0 Å². The number of β-amino-alcohol motifs (C(OH)–C–C–N with tert-alkyl or cyclic N) is 1. The van der Waals surface area contributed by atoms with E-state index in [2.05, 4.69) is 20.4 Å². The third-order valence-electron chi connectivity index (χ3n) is 3.11. The first kappa shape index (κ1) is 11.3. The Morgan fingerprint density at radius 3 is 3.11 bits per heavy atom. The molecule has 2 aromatic heterocycles. The normalized spacial score (nSPS) is 23.4. The van der Waals surface area contributed by atoms with E-state index in [9.17, 15) is 5.11 Å². The smallest absolute Gasteiger partial charge is 0.244 e. The van der Waals surface area contributed by atoms with Gasteiger partial charge in [0.2, 0.25) is 11.7 Å². The summed E-state index contributed by atoms with van der Waals surface area (Å²) in [6.07, 6.45) is 3.74. The summed E-state index contributed by atoms with van der Waals surface area (Å²) in [4.78, 5) is 8.41. The van der Waals surface area contributed by atoms with E-state index in [0.29, 0.717) is 24.7 Å². The molecule has 0 spiro atoms. The Balaban J connectivity index is 1.88. The number of hydrogen-bond donors (Lipinski definition) is 2. The molecule has 94 valence electrons. The summed E-state index contributed by atoms with van der Waals surface area (Å²) in [6.45, 7) is 2.52. The van der Waals surface area contributed by atoms with Crippen LogP contribution in [0.4, 0.5) is 0 Å². The fourth-order valence-electron chi connectivity index (χ4n) is 2.12. The van der Waals surface area contributed by atoms with Gasteiger partial charge in [0.1, 0.15) is 0 Å². The van der Waals surface area contributed by atoms with Crippen molar-refractivity contribution in [2.75, 3.05) is 6.54 Å². The molecule has 1 unspecified atom stereocenters. The maximum absolute atomic E-state index is 9.47. The monoisotopic (exact) mass is 246 g/mol. The van der Waals surface area contributed by atoms with E-state index in [-0.39, 0.29) is 12.1 Å². The Morgan fingerprint density at radius 2 is 2.39 bits per heavy atom. The quantitative estimate of drug-likeness (QED) is 0.816. The second kappa shape index (κ2) is 4.47. The van der Waals surface area contributed by atoms with Gasteiger partial charge in [-0.3, -0.25) is 4.98 Å². The fraction of sp³-hybridized carbons (Fsp3) is 0.417. The number of aryl methyl sites for hydroxylation is 1. The van der Waals surface area contributed by atoms with Gasteiger partial charge in [-0.15, -0.1) is 0 Å². The Kier molecular flexibility index (Phi) is 2.81. The molecule has 18 heavy (non-hydrogen) atoms. The molecule has 1 saturated heterocycles.